The van der Waals surface area contributed by atoms with Gasteiger partial charge in [0.15, 0.2) is 0 Å². The number of amides is 1. The van der Waals surface area contributed by atoms with Gasteiger partial charge in [0.25, 0.3) is 0 Å². The molecule has 1 aromatic carbocycles. The second-order valence-corrected chi connectivity index (χ2v) is 6.32. The van der Waals surface area contributed by atoms with Gasteiger partial charge in [0.1, 0.15) is 5.15 Å². The molecule has 6 heteroatoms. The Balaban J connectivity index is 2.00. The van der Waals surface area contributed by atoms with Crippen LogP contribution in [-0.2, 0) is 18.4 Å². The van der Waals surface area contributed by atoms with Crippen LogP contribution in [0.1, 0.15) is 22.4 Å². The predicted molar refractivity (Wildman–Crippen MR) is 93.8 cm³/mol. The highest BCUT2D eigenvalue weighted by Crippen LogP contribution is 2.21. The molecular weight excluding hydrogens is 312 g/mol. The number of halogens is 1. The van der Waals surface area contributed by atoms with Crippen LogP contribution in [-0.4, -0.2) is 34.2 Å². The van der Waals surface area contributed by atoms with Crippen molar-refractivity contribution < 1.29 is 4.79 Å². The first-order valence-corrected chi connectivity index (χ1v) is 7.90. The van der Waals surface area contributed by atoms with Crippen molar-refractivity contribution in [3.8, 4) is 0 Å². The van der Waals surface area contributed by atoms with Gasteiger partial charge < -0.3 is 5.32 Å². The van der Waals surface area contributed by atoms with E-state index in [4.69, 9.17) is 11.6 Å². The molecule has 2 aromatic rings. The lowest BCUT2D eigenvalue weighted by atomic mass is 10.1. The van der Waals surface area contributed by atoms with Gasteiger partial charge in [-0.15, -0.1) is 0 Å². The zero-order valence-corrected chi connectivity index (χ0v) is 15.0. The van der Waals surface area contributed by atoms with E-state index in [1.54, 1.807) is 4.68 Å². The number of anilines is 1. The fourth-order valence-corrected chi connectivity index (χ4v) is 2.85. The molecule has 1 amide bonds. The molecule has 0 saturated heterocycles. The minimum Gasteiger partial charge on any atom is -0.324 e. The molecule has 0 radical (unpaired) electrons. The van der Waals surface area contributed by atoms with E-state index in [-0.39, 0.29) is 5.91 Å². The molecule has 23 heavy (non-hydrogen) atoms. The van der Waals surface area contributed by atoms with Crippen molar-refractivity contribution in [3.63, 3.8) is 0 Å². The number of hydrogen-bond acceptors (Lipinski definition) is 3. The largest absolute Gasteiger partial charge is 0.324 e. The first-order valence-electron chi connectivity index (χ1n) is 7.52. The summed E-state index contributed by atoms with van der Waals surface area (Å²) in [6.07, 6.45) is 0. The van der Waals surface area contributed by atoms with Gasteiger partial charge in [0, 0.05) is 24.8 Å². The Labute approximate surface area is 142 Å². The predicted octanol–water partition coefficient (Wildman–Crippen LogP) is 3.07. The van der Waals surface area contributed by atoms with Gasteiger partial charge in [-0.2, -0.15) is 5.10 Å². The number of likely N-dealkylation sites (N-methyl/N-ethyl adjacent to an activating group) is 1. The molecule has 2 rings (SSSR count). The van der Waals surface area contributed by atoms with Crippen molar-refractivity contribution >= 4 is 23.2 Å². The summed E-state index contributed by atoms with van der Waals surface area (Å²) in [5, 5.41) is 7.90. The molecule has 5 nitrogen and oxygen atoms in total. The maximum atomic E-state index is 12.3. The molecular formula is C17H23ClN4O. The van der Waals surface area contributed by atoms with Crippen LogP contribution in [0, 0.1) is 20.8 Å². The average molecular weight is 335 g/mol. The van der Waals surface area contributed by atoms with Gasteiger partial charge in [-0.3, -0.25) is 14.4 Å². The Hall–Kier alpha value is -1.85. The van der Waals surface area contributed by atoms with Crippen LogP contribution in [0.25, 0.3) is 0 Å². The molecule has 0 spiro atoms. The number of hydrogen-bond donors (Lipinski definition) is 1. The maximum absolute atomic E-state index is 12.3. The Morgan fingerprint density at radius 1 is 1.30 bits per heavy atom. The molecule has 0 unspecified atom stereocenters. The van der Waals surface area contributed by atoms with Crippen LogP contribution in [0.5, 0.6) is 0 Å². The highest BCUT2D eigenvalue weighted by Gasteiger charge is 2.15. The summed E-state index contributed by atoms with van der Waals surface area (Å²) in [5.74, 6) is -0.0393. The first-order chi connectivity index (χ1) is 10.8. The van der Waals surface area contributed by atoms with Gasteiger partial charge in [0.2, 0.25) is 5.91 Å². The van der Waals surface area contributed by atoms with Crippen molar-refractivity contribution in [1.82, 2.24) is 14.7 Å². The number of carbonyl (C=O) groups excluding carboxylic acids is 1. The van der Waals surface area contributed by atoms with Crippen molar-refractivity contribution in [2.24, 2.45) is 7.05 Å². The highest BCUT2D eigenvalue weighted by atomic mass is 35.5. The number of nitrogens with zero attached hydrogens (tertiary/aromatic N) is 3. The summed E-state index contributed by atoms with van der Waals surface area (Å²) in [6, 6.07) is 5.97. The van der Waals surface area contributed by atoms with Crippen LogP contribution < -0.4 is 5.32 Å². The number of carbonyl (C=O) groups is 1. The van der Waals surface area contributed by atoms with Gasteiger partial charge in [0.05, 0.1) is 12.2 Å². The molecule has 0 fully saturated rings. The molecule has 0 atom stereocenters. The van der Waals surface area contributed by atoms with Gasteiger partial charge in [-0.1, -0.05) is 29.8 Å². The summed E-state index contributed by atoms with van der Waals surface area (Å²) in [5.41, 5.74) is 4.86. The minimum atomic E-state index is -0.0393. The molecule has 0 aliphatic carbocycles. The summed E-state index contributed by atoms with van der Waals surface area (Å²) >= 11 is 6.24. The number of para-hydroxylation sites is 1. The molecule has 1 heterocycles. The smallest absolute Gasteiger partial charge is 0.238 e. The van der Waals surface area contributed by atoms with E-state index in [1.165, 1.54) is 0 Å². The number of rotatable bonds is 5. The van der Waals surface area contributed by atoms with E-state index in [1.807, 2.05) is 58.0 Å². The maximum Gasteiger partial charge on any atom is 0.238 e. The van der Waals surface area contributed by atoms with E-state index in [2.05, 4.69) is 10.4 Å². The number of aromatic nitrogens is 2. The summed E-state index contributed by atoms with van der Waals surface area (Å²) < 4.78 is 1.65. The lowest BCUT2D eigenvalue weighted by Crippen LogP contribution is -2.30. The SMILES string of the molecule is Cc1cccc(C)c1NC(=O)CN(C)Cc1c(C)nn(C)c1Cl. The first kappa shape index (κ1) is 17.5. The van der Waals surface area contributed by atoms with Crippen molar-refractivity contribution in [2.45, 2.75) is 27.3 Å². The average Bonchev–Trinajstić information content (AvgIpc) is 2.69. The molecule has 124 valence electrons. The fourth-order valence-electron chi connectivity index (χ4n) is 2.62. The standard InChI is InChI=1S/C17H23ClN4O/c1-11-7-6-8-12(2)16(11)19-15(23)10-21(4)9-14-13(3)20-22(5)17(14)18/h6-8H,9-10H2,1-5H3,(H,19,23). The Morgan fingerprint density at radius 3 is 2.43 bits per heavy atom. The summed E-state index contributed by atoms with van der Waals surface area (Å²) in [7, 11) is 3.71. The molecule has 0 aliphatic rings. The van der Waals surface area contributed by atoms with Crippen molar-refractivity contribution in [2.75, 3.05) is 18.9 Å². The Kier molecular flexibility index (Phi) is 5.44. The van der Waals surface area contributed by atoms with Crippen molar-refractivity contribution in [3.05, 3.63) is 45.7 Å². The lowest BCUT2D eigenvalue weighted by molar-refractivity contribution is -0.117. The zero-order chi connectivity index (χ0) is 17.1. The van der Waals surface area contributed by atoms with Crippen LogP contribution >= 0.6 is 11.6 Å². The van der Waals surface area contributed by atoms with Gasteiger partial charge >= 0.3 is 0 Å². The number of nitrogens with one attached hydrogen (secondary N) is 1. The lowest BCUT2D eigenvalue weighted by Gasteiger charge is -2.17. The van der Waals surface area contributed by atoms with Crippen LogP contribution in [0.3, 0.4) is 0 Å². The molecule has 1 aromatic heterocycles. The molecule has 1 N–H and O–H groups in total. The minimum absolute atomic E-state index is 0.0393. The third kappa shape index (κ3) is 4.12. The van der Waals surface area contributed by atoms with E-state index >= 15 is 0 Å². The van der Waals surface area contributed by atoms with E-state index in [0.717, 1.165) is 28.1 Å². The van der Waals surface area contributed by atoms with Crippen LogP contribution in [0.2, 0.25) is 5.15 Å². The monoisotopic (exact) mass is 334 g/mol. The summed E-state index contributed by atoms with van der Waals surface area (Å²) in [6.45, 7) is 6.78. The Bertz CT molecular complexity index is 703. The second-order valence-electron chi connectivity index (χ2n) is 5.97. The van der Waals surface area contributed by atoms with E-state index in [9.17, 15) is 4.79 Å². The zero-order valence-electron chi connectivity index (χ0n) is 14.3. The third-order valence-corrected chi connectivity index (χ3v) is 4.33. The van der Waals surface area contributed by atoms with Crippen molar-refractivity contribution in [1.29, 1.82) is 0 Å². The van der Waals surface area contributed by atoms with Crippen LogP contribution in [0.15, 0.2) is 18.2 Å². The molecule has 0 aliphatic heterocycles. The molecule has 0 bridgehead atoms. The quantitative estimate of drug-likeness (QED) is 0.914. The molecule has 0 saturated carbocycles. The third-order valence-electron chi connectivity index (χ3n) is 3.86. The van der Waals surface area contributed by atoms with E-state index < -0.39 is 0 Å². The fraction of sp³-hybridized carbons (Fsp3) is 0.412. The van der Waals surface area contributed by atoms with Gasteiger partial charge in [-0.05, 0) is 38.9 Å². The summed E-state index contributed by atoms with van der Waals surface area (Å²) in [4.78, 5) is 14.2. The van der Waals surface area contributed by atoms with E-state index in [0.29, 0.717) is 18.2 Å². The topological polar surface area (TPSA) is 50.2 Å². The van der Waals surface area contributed by atoms with Crippen LogP contribution in [0.4, 0.5) is 5.69 Å². The Morgan fingerprint density at radius 2 is 1.91 bits per heavy atom. The highest BCUT2D eigenvalue weighted by molar-refractivity contribution is 6.30. The number of benzene rings is 1. The number of aryl methyl sites for hydroxylation is 4. The van der Waals surface area contributed by atoms with Gasteiger partial charge in [-0.25, -0.2) is 0 Å². The second kappa shape index (κ2) is 7.15. The normalized spacial score (nSPS) is 11.1.